The molecule has 2 aliphatic rings. The summed E-state index contributed by atoms with van der Waals surface area (Å²) >= 11 is 36.8. The number of nitrogens with zero attached hydrogens (tertiary/aromatic N) is 1. The molecule has 16 heteroatoms. The zero-order valence-corrected chi connectivity index (χ0v) is 22.5. The molecule has 2 heterocycles. The number of rotatable bonds is 8. The molecule has 0 aromatic rings. The van der Waals surface area contributed by atoms with Gasteiger partial charge in [-0.1, -0.05) is 0 Å². The number of alkyl halides is 6. The van der Waals surface area contributed by atoms with E-state index in [-0.39, 0.29) is 29.3 Å². The first-order valence-electron chi connectivity index (χ1n) is 8.65. The Hall–Kier alpha value is 0.590. The number of carboxylic acids is 1. The molecule has 2 N–H and O–H groups in total. The normalized spacial score (nSPS) is 23.2. The van der Waals surface area contributed by atoms with Crippen LogP contribution in [0.2, 0.25) is 0 Å². The summed E-state index contributed by atoms with van der Waals surface area (Å²) in [6.07, 6.45) is -1.99. The fourth-order valence-electron chi connectivity index (χ4n) is 3.23. The van der Waals surface area contributed by atoms with Crippen LogP contribution in [0.4, 0.5) is 0 Å². The molecule has 0 aliphatic carbocycles. The van der Waals surface area contributed by atoms with Gasteiger partial charge in [0.2, 0.25) is 0 Å². The monoisotopic (exact) mass is 596 g/mol. The first kappa shape index (κ1) is 27.8. The standard InChI is InChI=1S/C15H19Cl6N2O6PS/c1-6(24)29-10(22-30(4-14(16,17)18)5-15(19,20)21)7-3-31-12-9(28-2)11(25)23(12)8(7)13(26)27/h9-10,12,22H,3-5,30H2,1-2H3,(H,26,27)/t9-,10?,12+/m0/s1. The number of carbonyl (C=O) groups excluding carboxylic acids is 2. The number of amides is 1. The molecule has 0 bridgehead atoms. The Balaban J connectivity index is 2.43. The molecule has 2 aliphatic heterocycles. The zero-order valence-electron chi connectivity index (χ0n) is 16.0. The van der Waals surface area contributed by atoms with Gasteiger partial charge in [0.25, 0.3) is 0 Å². The van der Waals surface area contributed by atoms with Crippen molar-refractivity contribution in [3.05, 3.63) is 11.3 Å². The Labute approximate surface area is 213 Å². The van der Waals surface area contributed by atoms with Gasteiger partial charge < -0.3 is 0 Å². The van der Waals surface area contributed by atoms with Crippen molar-refractivity contribution < 1.29 is 29.0 Å². The van der Waals surface area contributed by atoms with E-state index < -0.39 is 51.2 Å². The van der Waals surface area contributed by atoms with Crippen molar-refractivity contribution in [3.8, 4) is 0 Å². The molecule has 0 aromatic heterocycles. The number of β-lactam (4-membered cyclic amide) rings is 1. The third kappa shape index (κ3) is 7.54. The van der Waals surface area contributed by atoms with Gasteiger partial charge in [-0.3, -0.25) is 0 Å². The first-order valence-corrected chi connectivity index (χ1v) is 14.2. The van der Waals surface area contributed by atoms with Gasteiger partial charge in [0.05, 0.1) is 0 Å². The molecular formula is C15H19Cl6N2O6PS. The van der Waals surface area contributed by atoms with Crippen LogP contribution in [0.5, 0.6) is 0 Å². The van der Waals surface area contributed by atoms with E-state index in [4.69, 9.17) is 79.1 Å². The van der Waals surface area contributed by atoms with Crippen molar-refractivity contribution in [2.45, 2.75) is 32.2 Å². The summed E-state index contributed by atoms with van der Waals surface area (Å²) < 4.78 is 7.10. The van der Waals surface area contributed by atoms with Crippen molar-refractivity contribution in [1.82, 2.24) is 9.99 Å². The zero-order chi connectivity index (χ0) is 23.7. The van der Waals surface area contributed by atoms with Gasteiger partial charge >= 0.3 is 215 Å². The molecule has 31 heavy (non-hydrogen) atoms. The maximum atomic E-state index is 12.4. The van der Waals surface area contributed by atoms with E-state index in [1.165, 1.54) is 18.9 Å². The molecule has 3 atom stereocenters. The topological polar surface area (TPSA) is 105 Å². The molecule has 1 saturated heterocycles. The van der Waals surface area contributed by atoms with E-state index in [1.807, 2.05) is 0 Å². The second-order valence-electron chi connectivity index (χ2n) is 6.74. The number of carboxylic acid groups (broad SMARTS) is 1. The van der Waals surface area contributed by atoms with Crippen molar-refractivity contribution in [1.29, 1.82) is 0 Å². The van der Waals surface area contributed by atoms with Gasteiger partial charge in [-0.25, -0.2) is 0 Å². The number of esters is 1. The van der Waals surface area contributed by atoms with Gasteiger partial charge in [-0.2, -0.15) is 0 Å². The van der Waals surface area contributed by atoms with Crippen LogP contribution >= 0.6 is 89.4 Å². The molecule has 1 amide bonds. The van der Waals surface area contributed by atoms with Crippen LogP contribution in [0.1, 0.15) is 6.92 Å². The summed E-state index contributed by atoms with van der Waals surface area (Å²) in [5, 5.41) is 12.4. The van der Waals surface area contributed by atoms with E-state index >= 15 is 0 Å². The number of methoxy groups -OCH3 is 1. The summed E-state index contributed by atoms with van der Waals surface area (Å²) in [5.41, 5.74) is -0.130. The second-order valence-corrected chi connectivity index (χ2v) is 15.4. The van der Waals surface area contributed by atoms with Crippen LogP contribution in [-0.2, 0) is 23.9 Å². The third-order valence-corrected chi connectivity index (χ3v) is 11.1. The number of ether oxygens (including phenoxy) is 2. The number of nitrogens with one attached hydrogen (secondary N) is 1. The molecule has 2 rings (SSSR count). The van der Waals surface area contributed by atoms with Gasteiger partial charge in [0.1, 0.15) is 0 Å². The summed E-state index contributed by atoms with van der Waals surface area (Å²) in [6.45, 7) is 1.16. The van der Waals surface area contributed by atoms with E-state index in [2.05, 4.69) is 5.09 Å². The Morgan fingerprint density at radius 3 is 2.23 bits per heavy atom. The van der Waals surface area contributed by atoms with E-state index in [1.54, 1.807) is 0 Å². The van der Waals surface area contributed by atoms with Crippen LogP contribution in [0.3, 0.4) is 0 Å². The quantitative estimate of drug-likeness (QED) is 0.144. The minimum absolute atomic E-state index is 0.0107. The van der Waals surface area contributed by atoms with Gasteiger partial charge in [0.15, 0.2) is 0 Å². The molecule has 0 aromatic carbocycles. The minimum atomic E-state index is -2.47. The summed E-state index contributed by atoms with van der Waals surface area (Å²) in [7, 11) is -1.10. The molecular weight excluding hydrogens is 580 g/mol. The fourth-order valence-corrected chi connectivity index (χ4v) is 10.2. The second kappa shape index (κ2) is 10.9. The van der Waals surface area contributed by atoms with Gasteiger partial charge in [-0.05, 0) is 0 Å². The van der Waals surface area contributed by atoms with Crippen LogP contribution in [-0.4, -0.2) is 78.3 Å². The summed E-state index contributed by atoms with van der Waals surface area (Å²) in [6, 6.07) is 0. The van der Waals surface area contributed by atoms with E-state index in [0.29, 0.717) is 0 Å². The molecule has 0 spiro atoms. The predicted octanol–water partition coefficient (Wildman–Crippen LogP) is 3.34. The number of hydrogen-bond acceptors (Lipinski definition) is 7. The number of thioether (sulfide) groups is 1. The van der Waals surface area contributed by atoms with Gasteiger partial charge in [-0.15, -0.1) is 0 Å². The van der Waals surface area contributed by atoms with Gasteiger partial charge in [0, 0.05) is 0 Å². The molecule has 8 nitrogen and oxygen atoms in total. The first-order chi connectivity index (χ1) is 14.1. The Morgan fingerprint density at radius 1 is 1.26 bits per heavy atom. The van der Waals surface area contributed by atoms with Crippen molar-refractivity contribution in [3.63, 3.8) is 0 Å². The fraction of sp³-hybridized carbons (Fsp3) is 0.667. The van der Waals surface area contributed by atoms with E-state index in [9.17, 15) is 19.5 Å². The number of carbonyl (C=O) groups is 3. The number of hydrogen-bond donors (Lipinski definition) is 2. The average Bonchev–Trinajstić information content (AvgIpc) is 2.56. The summed E-state index contributed by atoms with van der Waals surface area (Å²) in [5.74, 6) is -2.42. The molecule has 0 saturated carbocycles. The number of fused-ring (bicyclic) bond motifs is 1. The molecule has 1 unspecified atom stereocenters. The molecule has 1 fully saturated rings. The average molecular weight is 599 g/mol. The van der Waals surface area contributed by atoms with Crippen molar-refractivity contribution in [2.24, 2.45) is 0 Å². The predicted molar refractivity (Wildman–Crippen MR) is 127 cm³/mol. The van der Waals surface area contributed by atoms with E-state index in [0.717, 1.165) is 11.8 Å². The Bertz CT molecular complexity index is 760. The molecule has 178 valence electrons. The van der Waals surface area contributed by atoms with Crippen molar-refractivity contribution >= 4 is 107 Å². The maximum absolute atomic E-state index is 12.4. The summed E-state index contributed by atoms with van der Waals surface area (Å²) in [4.78, 5) is 37.3. The number of aliphatic carboxylic acids is 1. The van der Waals surface area contributed by atoms with Crippen LogP contribution in [0.25, 0.3) is 0 Å². The Kier molecular flexibility index (Phi) is 9.78. The molecule has 0 radical (unpaired) electrons. The van der Waals surface area contributed by atoms with Crippen LogP contribution in [0.15, 0.2) is 11.3 Å². The SMILES string of the molecule is CO[C@H]1C(=O)N2C(C(=O)O)=C(C(N[PH2](CC(Cl)(Cl)Cl)CC(Cl)(Cl)Cl)OC(C)=O)CS[C@H]12. The third-order valence-electron chi connectivity index (χ3n) is 4.35. The Morgan fingerprint density at radius 2 is 1.81 bits per heavy atom. The van der Waals surface area contributed by atoms with Crippen LogP contribution < -0.4 is 5.09 Å². The number of halogens is 6. The van der Waals surface area contributed by atoms with Crippen molar-refractivity contribution in [2.75, 3.05) is 25.2 Å². The van der Waals surface area contributed by atoms with Crippen LogP contribution in [0, 0.1) is 0 Å².